The van der Waals surface area contributed by atoms with E-state index in [2.05, 4.69) is 6.58 Å². The molecule has 0 N–H and O–H groups in total. The molecule has 0 saturated heterocycles. The molecule has 0 spiro atoms. The number of nitrogens with zero attached hydrogens (tertiary/aromatic N) is 1. The minimum absolute atomic E-state index is 0.152. The van der Waals surface area contributed by atoms with Crippen LogP contribution in [0.2, 0.25) is 0 Å². The van der Waals surface area contributed by atoms with Crippen LogP contribution in [0.4, 0.5) is 0 Å². The van der Waals surface area contributed by atoms with Gasteiger partial charge < -0.3 is 4.74 Å². The molecule has 0 aliphatic carbocycles. The van der Waals surface area contributed by atoms with Gasteiger partial charge in [-0.3, -0.25) is 9.69 Å². The standard InChI is InChI=1S/C13H25NO2/c1-6-7-8-9-10-11-13(2,14(3)4)12(15)16-5/h6H,1,7-11H2,2-5H3/t13-/m1/s1. The second-order valence-electron chi connectivity index (χ2n) is 4.55. The summed E-state index contributed by atoms with van der Waals surface area (Å²) in [7, 11) is 5.28. The van der Waals surface area contributed by atoms with E-state index in [1.807, 2.05) is 32.0 Å². The highest BCUT2D eigenvalue weighted by Gasteiger charge is 2.35. The van der Waals surface area contributed by atoms with E-state index in [9.17, 15) is 4.79 Å². The van der Waals surface area contributed by atoms with Crippen LogP contribution in [0.5, 0.6) is 0 Å². The summed E-state index contributed by atoms with van der Waals surface area (Å²) >= 11 is 0. The summed E-state index contributed by atoms with van der Waals surface area (Å²) < 4.78 is 4.86. The lowest BCUT2D eigenvalue weighted by Gasteiger charge is -2.33. The van der Waals surface area contributed by atoms with Crippen LogP contribution in [-0.2, 0) is 9.53 Å². The smallest absolute Gasteiger partial charge is 0.325 e. The predicted octanol–water partition coefficient (Wildman–Crippen LogP) is 2.62. The summed E-state index contributed by atoms with van der Waals surface area (Å²) in [6.07, 6.45) is 7.14. The Morgan fingerprint density at radius 3 is 2.44 bits per heavy atom. The van der Waals surface area contributed by atoms with Gasteiger partial charge in [-0.2, -0.15) is 0 Å². The van der Waals surface area contributed by atoms with E-state index in [4.69, 9.17) is 4.74 Å². The van der Waals surface area contributed by atoms with Crippen molar-refractivity contribution in [1.82, 2.24) is 4.90 Å². The Kier molecular flexibility index (Phi) is 7.06. The number of rotatable bonds is 8. The number of carbonyl (C=O) groups excluding carboxylic acids is 1. The highest BCUT2D eigenvalue weighted by Crippen LogP contribution is 2.22. The minimum atomic E-state index is -0.497. The molecule has 0 saturated carbocycles. The fourth-order valence-corrected chi connectivity index (χ4v) is 1.66. The van der Waals surface area contributed by atoms with Crippen molar-refractivity contribution in [3.05, 3.63) is 12.7 Å². The Labute approximate surface area is 99.5 Å². The molecule has 0 aromatic heterocycles. The van der Waals surface area contributed by atoms with Crippen molar-refractivity contribution in [2.75, 3.05) is 21.2 Å². The molecule has 0 fully saturated rings. The monoisotopic (exact) mass is 227 g/mol. The summed E-state index contributed by atoms with van der Waals surface area (Å²) in [4.78, 5) is 13.7. The fourth-order valence-electron chi connectivity index (χ4n) is 1.66. The largest absolute Gasteiger partial charge is 0.468 e. The summed E-state index contributed by atoms with van der Waals surface area (Å²) in [6.45, 7) is 5.63. The number of carbonyl (C=O) groups is 1. The van der Waals surface area contributed by atoms with Gasteiger partial charge in [0.15, 0.2) is 0 Å². The zero-order chi connectivity index (χ0) is 12.6. The van der Waals surface area contributed by atoms with Crippen molar-refractivity contribution in [1.29, 1.82) is 0 Å². The van der Waals surface area contributed by atoms with Gasteiger partial charge in [0, 0.05) is 0 Å². The Balaban J connectivity index is 4.13. The van der Waals surface area contributed by atoms with E-state index < -0.39 is 5.54 Å². The number of hydrogen-bond donors (Lipinski definition) is 0. The first-order chi connectivity index (χ1) is 7.49. The summed E-state index contributed by atoms with van der Waals surface area (Å²) in [6, 6.07) is 0. The van der Waals surface area contributed by atoms with Gasteiger partial charge in [-0.25, -0.2) is 0 Å². The van der Waals surface area contributed by atoms with Gasteiger partial charge in [0.1, 0.15) is 5.54 Å². The average molecular weight is 227 g/mol. The third-order valence-electron chi connectivity index (χ3n) is 3.18. The maximum atomic E-state index is 11.7. The highest BCUT2D eigenvalue weighted by atomic mass is 16.5. The summed E-state index contributed by atoms with van der Waals surface area (Å²) in [5.41, 5.74) is -0.497. The van der Waals surface area contributed by atoms with Gasteiger partial charge in [-0.05, 0) is 40.3 Å². The lowest BCUT2D eigenvalue weighted by molar-refractivity contribution is -0.153. The van der Waals surface area contributed by atoms with Crippen molar-refractivity contribution >= 4 is 5.97 Å². The number of allylic oxidation sites excluding steroid dienone is 1. The lowest BCUT2D eigenvalue weighted by Crippen LogP contribution is -2.49. The Morgan fingerprint density at radius 2 is 2.00 bits per heavy atom. The second kappa shape index (κ2) is 7.44. The van der Waals surface area contributed by atoms with E-state index in [0.717, 1.165) is 32.1 Å². The zero-order valence-electron chi connectivity index (χ0n) is 11.1. The number of methoxy groups -OCH3 is 1. The third-order valence-corrected chi connectivity index (χ3v) is 3.18. The van der Waals surface area contributed by atoms with Crippen LogP contribution >= 0.6 is 0 Å². The van der Waals surface area contributed by atoms with E-state index in [1.54, 1.807) is 0 Å². The molecule has 3 heteroatoms. The summed E-state index contributed by atoms with van der Waals surface area (Å²) in [5.74, 6) is -0.152. The van der Waals surface area contributed by atoms with Crippen molar-refractivity contribution < 1.29 is 9.53 Å². The topological polar surface area (TPSA) is 29.5 Å². The molecule has 16 heavy (non-hydrogen) atoms. The molecule has 0 amide bonds. The van der Waals surface area contributed by atoms with Gasteiger partial charge in [-0.15, -0.1) is 6.58 Å². The number of unbranched alkanes of at least 4 members (excludes halogenated alkanes) is 3. The maximum Gasteiger partial charge on any atom is 0.325 e. The zero-order valence-corrected chi connectivity index (χ0v) is 11.1. The molecular formula is C13H25NO2. The molecule has 0 heterocycles. The van der Waals surface area contributed by atoms with Gasteiger partial charge in [0.25, 0.3) is 0 Å². The molecule has 0 aliphatic rings. The van der Waals surface area contributed by atoms with Crippen LogP contribution in [-0.4, -0.2) is 37.6 Å². The molecule has 0 aromatic carbocycles. The first-order valence-electron chi connectivity index (χ1n) is 5.85. The van der Waals surface area contributed by atoms with Crippen LogP contribution < -0.4 is 0 Å². The number of ether oxygens (including phenoxy) is 1. The molecule has 0 aliphatic heterocycles. The Bertz CT molecular complexity index is 226. The number of esters is 1. The fraction of sp³-hybridized carbons (Fsp3) is 0.769. The molecule has 0 rings (SSSR count). The maximum absolute atomic E-state index is 11.7. The van der Waals surface area contributed by atoms with Gasteiger partial charge in [0.2, 0.25) is 0 Å². The minimum Gasteiger partial charge on any atom is -0.468 e. The van der Waals surface area contributed by atoms with E-state index in [0.29, 0.717) is 0 Å². The first kappa shape index (κ1) is 15.2. The number of hydrogen-bond acceptors (Lipinski definition) is 3. The van der Waals surface area contributed by atoms with Crippen LogP contribution in [0, 0.1) is 0 Å². The van der Waals surface area contributed by atoms with Gasteiger partial charge in [0.05, 0.1) is 7.11 Å². The van der Waals surface area contributed by atoms with Crippen molar-refractivity contribution in [2.24, 2.45) is 0 Å². The molecule has 0 radical (unpaired) electrons. The molecule has 0 unspecified atom stereocenters. The van der Waals surface area contributed by atoms with Crippen LogP contribution in [0.3, 0.4) is 0 Å². The Morgan fingerprint density at radius 1 is 1.38 bits per heavy atom. The summed E-state index contributed by atoms with van der Waals surface area (Å²) in [5, 5.41) is 0. The van der Waals surface area contributed by atoms with E-state index in [-0.39, 0.29) is 5.97 Å². The van der Waals surface area contributed by atoms with Crippen LogP contribution in [0.1, 0.15) is 39.0 Å². The Hall–Kier alpha value is -0.830. The molecule has 94 valence electrons. The lowest BCUT2D eigenvalue weighted by atomic mass is 9.93. The van der Waals surface area contributed by atoms with Crippen molar-refractivity contribution in [3.8, 4) is 0 Å². The van der Waals surface area contributed by atoms with Crippen LogP contribution in [0.15, 0.2) is 12.7 Å². The average Bonchev–Trinajstić information content (AvgIpc) is 2.27. The molecule has 3 nitrogen and oxygen atoms in total. The number of likely N-dealkylation sites (N-methyl/N-ethyl adjacent to an activating group) is 1. The van der Waals surface area contributed by atoms with Crippen LogP contribution in [0.25, 0.3) is 0 Å². The third kappa shape index (κ3) is 4.35. The molecular weight excluding hydrogens is 202 g/mol. The SMILES string of the molecule is C=CCCCCC[C@](C)(C(=O)OC)N(C)C. The van der Waals surface area contributed by atoms with Gasteiger partial charge >= 0.3 is 5.97 Å². The molecule has 1 atom stereocenters. The molecule has 0 aromatic rings. The van der Waals surface area contributed by atoms with Crippen molar-refractivity contribution in [2.45, 2.75) is 44.6 Å². The normalized spacial score (nSPS) is 14.6. The molecule has 0 bridgehead atoms. The quantitative estimate of drug-likeness (QED) is 0.363. The van der Waals surface area contributed by atoms with Gasteiger partial charge in [-0.1, -0.05) is 18.9 Å². The van der Waals surface area contributed by atoms with E-state index in [1.165, 1.54) is 7.11 Å². The van der Waals surface area contributed by atoms with E-state index >= 15 is 0 Å². The predicted molar refractivity (Wildman–Crippen MR) is 67.4 cm³/mol. The first-order valence-corrected chi connectivity index (χ1v) is 5.85. The van der Waals surface area contributed by atoms with Crippen molar-refractivity contribution in [3.63, 3.8) is 0 Å². The highest BCUT2D eigenvalue weighted by molar-refractivity contribution is 5.80. The second-order valence-corrected chi connectivity index (χ2v) is 4.55.